The third-order valence-corrected chi connectivity index (χ3v) is 6.11. The number of nitrogens with zero attached hydrogens (tertiary/aromatic N) is 2. The number of hydrogen-bond donors (Lipinski definition) is 2. The maximum absolute atomic E-state index is 11.8. The molecule has 1 aromatic rings. The fourth-order valence-electron chi connectivity index (χ4n) is 2.33. The SMILES string of the molecule is CN(C)C(=O)CNC(=NCc1ccc(Br)cc1)NC1CCS(=O)(=O)C1.I. The second-order valence-corrected chi connectivity index (χ2v) is 9.32. The number of likely N-dealkylation sites (N-methyl/N-ethyl adjacent to an activating group) is 1. The smallest absolute Gasteiger partial charge is 0.241 e. The topological polar surface area (TPSA) is 90.9 Å². The fourth-order valence-corrected chi connectivity index (χ4v) is 4.27. The van der Waals surface area contributed by atoms with Gasteiger partial charge in [0.15, 0.2) is 15.8 Å². The number of benzene rings is 1. The Morgan fingerprint density at radius 3 is 2.50 bits per heavy atom. The zero-order chi connectivity index (χ0) is 18.4. The van der Waals surface area contributed by atoms with E-state index in [0.717, 1.165) is 10.0 Å². The highest BCUT2D eigenvalue weighted by atomic mass is 127. The molecule has 7 nitrogen and oxygen atoms in total. The van der Waals surface area contributed by atoms with Crippen molar-refractivity contribution in [2.45, 2.75) is 19.0 Å². The molecule has 1 amide bonds. The zero-order valence-electron chi connectivity index (χ0n) is 14.7. The van der Waals surface area contributed by atoms with Crippen molar-refractivity contribution in [1.29, 1.82) is 0 Å². The van der Waals surface area contributed by atoms with Crippen molar-refractivity contribution in [3.63, 3.8) is 0 Å². The Labute approximate surface area is 180 Å². The number of hydrogen-bond acceptors (Lipinski definition) is 4. The number of carbonyl (C=O) groups is 1. The van der Waals surface area contributed by atoms with E-state index in [9.17, 15) is 13.2 Å². The van der Waals surface area contributed by atoms with Crippen molar-refractivity contribution >= 4 is 61.6 Å². The maximum atomic E-state index is 11.8. The number of nitrogens with one attached hydrogen (secondary N) is 2. The van der Waals surface area contributed by atoms with Crippen molar-refractivity contribution in [3.8, 4) is 0 Å². The second kappa shape index (κ2) is 10.5. The summed E-state index contributed by atoms with van der Waals surface area (Å²) in [5.74, 6) is 0.631. The Morgan fingerprint density at radius 2 is 1.96 bits per heavy atom. The predicted octanol–water partition coefficient (Wildman–Crippen LogP) is 1.38. The lowest BCUT2D eigenvalue weighted by molar-refractivity contribution is -0.127. The van der Waals surface area contributed by atoms with E-state index in [0.29, 0.717) is 18.9 Å². The molecule has 0 aliphatic carbocycles. The number of guanidine groups is 1. The molecule has 0 saturated carbocycles. The van der Waals surface area contributed by atoms with Gasteiger partial charge in [-0.15, -0.1) is 24.0 Å². The quantitative estimate of drug-likeness (QED) is 0.324. The molecule has 0 bridgehead atoms. The van der Waals surface area contributed by atoms with Gasteiger partial charge in [-0.3, -0.25) is 4.79 Å². The minimum atomic E-state index is -2.98. The van der Waals surface area contributed by atoms with Crippen LogP contribution in [0.4, 0.5) is 0 Å². The molecule has 1 fully saturated rings. The molecule has 2 rings (SSSR count). The lowest BCUT2D eigenvalue weighted by Crippen LogP contribution is -2.47. The maximum Gasteiger partial charge on any atom is 0.241 e. The molecule has 1 saturated heterocycles. The number of carbonyl (C=O) groups excluding carboxylic acids is 1. The van der Waals surface area contributed by atoms with Gasteiger partial charge in [0.2, 0.25) is 5.91 Å². The summed E-state index contributed by atoms with van der Waals surface area (Å²) in [5, 5.41) is 6.11. The molecule has 1 aromatic carbocycles. The van der Waals surface area contributed by atoms with Gasteiger partial charge in [-0.25, -0.2) is 13.4 Å². The van der Waals surface area contributed by atoms with E-state index >= 15 is 0 Å². The van der Waals surface area contributed by atoms with Crippen molar-refractivity contribution in [2.75, 3.05) is 32.1 Å². The van der Waals surface area contributed by atoms with Gasteiger partial charge in [0, 0.05) is 24.6 Å². The summed E-state index contributed by atoms with van der Waals surface area (Å²) >= 11 is 3.39. The molecule has 10 heteroatoms. The average molecular weight is 559 g/mol. The summed E-state index contributed by atoms with van der Waals surface area (Å²) in [5.41, 5.74) is 1.02. The third kappa shape index (κ3) is 7.78. The van der Waals surface area contributed by atoms with Gasteiger partial charge in [-0.05, 0) is 24.1 Å². The van der Waals surface area contributed by atoms with Crippen LogP contribution in [0.1, 0.15) is 12.0 Å². The van der Waals surface area contributed by atoms with E-state index in [1.54, 1.807) is 14.1 Å². The first-order valence-corrected chi connectivity index (χ1v) is 10.6. The third-order valence-electron chi connectivity index (χ3n) is 3.81. The monoisotopic (exact) mass is 558 g/mol. The Kier molecular flexibility index (Phi) is 9.31. The van der Waals surface area contributed by atoms with E-state index in [2.05, 4.69) is 31.6 Å². The van der Waals surface area contributed by atoms with Crippen molar-refractivity contribution in [2.24, 2.45) is 4.99 Å². The summed E-state index contributed by atoms with van der Waals surface area (Å²) in [6, 6.07) is 7.59. The van der Waals surface area contributed by atoms with Gasteiger partial charge in [-0.1, -0.05) is 28.1 Å². The van der Waals surface area contributed by atoms with Crippen LogP contribution < -0.4 is 10.6 Å². The summed E-state index contributed by atoms with van der Waals surface area (Å²) in [6.45, 7) is 0.525. The average Bonchev–Trinajstić information content (AvgIpc) is 2.89. The Morgan fingerprint density at radius 1 is 1.31 bits per heavy atom. The van der Waals surface area contributed by atoms with Crippen LogP contribution in [-0.2, 0) is 21.2 Å². The normalized spacial score (nSPS) is 18.7. The summed E-state index contributed by atoms with van der Waals surface area (Å²) in [6.07, 6.45) is 0.545. The van der Waals surface area contributed by atoms with Crippen molar-refractivity contribution in [3.05, 3.63) is 34.3 Å². The van der Waals surface area contributed by atoms with E-state index in [1.165, 1.54) is 4.90 Å². The molecule has 1 aliphatic heterocycles. The van der Waals surface area contributed by atoms with E-state index in [4.69, 9.17) is 0 Å². The van der Waals surface area contributed by atoms with E-state index in [-0.39, 0.29) is 54.0 Å². The Balaban J connectivity index is 0.00000338. The number of sulfone groups is 1. The molecule has 1 atom stereocenters. The van der Waals surface area contributed by atoms with Crippen LogP contribution in [0.3, 0.4) is 0 Å². The van der Waals surface area contributed by atoms with Crippen LogP contribution in [0, 0.1) is 0 Å². The highest BCUT2D eigenvalue weighted by Gasteiger charge is 2.28. The number of halogens is 2. The molecule has 1 aliphatic rings. The molecule has 1 unspecified atom stereocenters. The number of aliphatic imine (C=N–C) groups is 1. The fraction of sp³-hybridized carbons (Fsp3) is 0.500. The summed E-state index contributed by atoms with van der Waals surface area (Å²) in [7, 11) is 0.377. The van der Waals surface area contributed by atoms with Crippen LogP contribution in [0.2, 0.25) is 0 Å². The van der Waals surface area contributed by atoms with Crippen LogP contribution in [0.5, 0.6) is 0 Å². The molecule has 26 heavy (non-hydrogen) atoms. The zero-order valence-corrected chi connectivity index (χ0v) is 19.5. The van der Waals surface area contributed by atoms with Crippen LogP contribution in [-0.4, -0.2) is 63.4 Å². The highest BCUT2D eigenvalue weighted by molar-refractivity contribution is 14.0. The van der Waals surface area contributed by atoms with Gasteiger partial charge in [-0.2, -0.15) is 0 Å². The minimum Gasteiger partial charge on any atom is -0.353 e. The number of rotatable bonds is 5. The molecule has 2 N–H and O–H groups in total. The first-order valence-electron chi connectivity index (χ1n) is 7.95. The van der Waals surface area contributed by atoms with E-state index < -0.39 is 9.84 Å². The van der Waals surface area contributed by atoms with Crippen molar-refractivity contribution in [1.82, 2.24) is 15.5 Å². The van der Waals surface area contributed by atoms with E-state index in [1.807, 2.05) is 24.3 Å². The van der Waals surface area contributed by atoms with Crippen LogP contribution >= 0.6 is 39.9 Å². The highest BCUT2D eigenvalue weighted by Crippen LogP contribution is 2.12. The van der Waals surface area contributed by atoms with Gasteiger partial charge in [0.1, 0.15) is 0 Å². The minimum absolute atomic E-state index is 0. The molecule has 0 aromatic heterocycles. The Bertz CT molecular complexity index is 738. The van der Waals surface area contributed by atoms with Gasteiger partial charge in [0.05, 0.1) is 24.6 Å². The van der Waals surface area contributed by atoms with Crippen LogP contribution in [0.25, 0.3) is 0 Å². The lowest BCUT2D eigenvalue weighted by Gasteiger charge is -2.18. The number of amides is 1. The van der Waals surface area contributed by atoms with Crippen molar-refractivity contribution < 1.29 is 13.2 Å². The molecule has 1 heterocycles. The van der Waals surface area contributed by atoms with Crippen LogP contribution in [0.15, 0.2) is 33.7 Å². The summed E-state index contributed by atoms with van der Waals surface area (Å²) < 4.78 is 24.2. The first kappa shape index (κ1) is 23.2. The largest absolute Gasteiger partial charge is 0.353 e. The lowest BCUT2D eigenvalue weighted by atomic mass is 10.2. The second-order valence-electron chi connectivity index (χ2n) is 6.18. The molecule has 0 radical (unpaired) electrons. The predicted molar refractivity (Wildman–Crippen MR) is 118 cm³/mol. The molecule has 0 spiro atoms. The first-order chi connectivity index (χ1) is 11.7. The van der Waals surface area contributed by atoms with Gasteiger partial charge < -0.3 is 15.5 Å². The standard InChI is InChI=1S/C16H23BrN4O3S.HI/c1-21(2)15(22)10-19-16(20-14-7-8-25(23,24)11-14)18-9-12-3-5-13(17)6-4-12;/h3-6,14H,7-11H2,1-2H3,(H2,18,19,20);1H. The molecular formula is C16H24BrIN4O3S. The van der Waals surface area contributed by atoms with Gasteiger partial charge >= 0.3 is 0 Å². The van der Waals surface area contributed by atoms with Gasteiger partial charge in [0.25, 0.3) is 0 Å². The molecular weight excluding hydrogens is 535 g/mol. The summed E-state index contributed by atoms with van der Waals surface area (Å²) in [4.78, 5) is 17.7. The molecule has 146 valence electrons. The Hall–Kier alpha value is -0.880.